The summed E-state index contributed by atoms with van der Waals surface area (Å²) in [6.07, 6.45) is 0. The Morgan fingerprint density at radius 2 is 1.90 bits per heavy atom. The van der Waals surface area contributed by atoms with Crippen molar-refractivity contribution in [1.82, 2.24) is 0 Å². The van der Waals surface area contributed by atoms with Crippen LogP contribution in [0.5, 0.6) is 0 Å². The van der Waals surface area contributed by atoms with Crippen molar-refractivity contribution < 1.29 is 22.7 Å². The van der Waals surface area contributed by atoms with Crippen LogP contribution in [-0.4, -0.2) is 19.5 Å². The molecule has 0 atom stereocenters. The van der Waals surface area contributed by atoms with Crippen molar-refractivity contribution in [3.63, 3.8) is 0 Å². The van der Waals surface area contributed by atoms with Crippen LogP contribution in [0.25, 0.3) is 0 Å². The number of aromatic carboxylic acids is 1. The molecular formula is C14H12FNO4S. The summed E-state index contributed by atoms with van der Waals surface area (Å²) < 4.78 is 39.7. The SMILES string of the molecule is Cc1cc(C(=O)O)ccc1NS(=O)(=O)c1cccc(F)c1. The average Bonchev–Trinajstić information content (AvgIpc) is 2.40. The van der Waals surface area contributed by atoms with Gasteiger partial charge < -0.3 is 5.11 Å². The molecule has 2 rings (SSSR count). The van der Waals surface area contributed by atoms with E-state index in [-0.39, 0.29) is 16.1 Å². The maximum absolute atomic E-state index is 13.1. The van der Waals surface area contributed by atoms with Crippen molar-refractivity contribution in [2.24, 2.45) is 0 Å². The molecule has 110 valence electrons. The lowest BCUT2D eigenvalue weighted by Gasteiger charge is -2.11. The first-order valence-electron chi connectivity index (χ1n) is 5.92. The van der Waals surface area contributed by atoms with E-state index in [9.17, 15) is 17.6 Å². The predicted molar refractivity (Wildman–Crippen MR) is 75.3 cm³/mol. The van der Waals surface area contributed by atoms with Crippen molar-refractivity contribution in [3.8, 4) is 0 Å². The largest absolute Gasteiger partial charge is 0.478 e. The second-order valence-corrected chi connectivity index (χ2v) is 6.08. The standard InChI is InChI=1S/C14H12FNO4S/c1-9-7-10(14(17)18)5-6-13(9)16-21(19,20)12-4-2-3-11(15)8-12/h2-8,16H,1H3,(H,17,18). The maximum Gasteiger partial charge on any atom is 0.335 e. The van der Waals surface area contributed by atoms with Crippen molar-refractivity contribution in [3.05, 3.63) is 59.4 Å². The number of carboxylic acids is 1. The number of benzene rings is 2. The highest BCUT2D eigenvalue weighted by molar-refractivity contribution is 7.92. The highest BCUT2D eigenvalue weighted by Crippen LogP contribution is 2.21. The molecule has 0 aliphatic heterocycles. The highest BCUT2D eigenvalue weighted by atomic mass is 32.2. The Hall–Kier alpha value is -2.41. The van der Waals surface area contributed by atoms with Crippen LogP contribution in [0.2, 0.25) is 0 Å². The third-order valence-corrected chi connectivity index (χ3v) is 4.19. The molecule has 0 radical (unpaired) electrons. The monoisotopic (exact) mass is 309 g/mol. The van der Waals surface area contributed by atoms with Crippen LogP contribution in [0.1, 0.15) is 15.9 Å². The van der Waals surface area contributed by atoms with Gasteiger partial charge >= 0.3 is 5.97 Å². The summed E-state index contributed by atoms with van der Waals surface area (Å²) in [6.45, 7) is 1.58. The van der Waals surface area contributed by atoms with Gasteiger partial charge in [0, 0.05) is 0 Å². The number of carboxylic acid groups (broad SMARTS) is 1. The van der Waals surface area contributed by atoms with E-state index in [0.29, 0.717) is 5.56 Å². The maximum atomic E-state index is 13.1. The fourth-order valence-corrected chi connectivity index (χ4v) is 2.91. The summed E-state index contributed by atoms with van der Waals surface area (Å²) in [5.74, 6) is -1.76. The fraction of sp³-hybridized carbons (Fsp3) is 0.0714. The molecule has 2 aromatic carbocycles. The number of hydrogen-bond donors (Lipinski definition) is 2. The van der Waals surface area contributed by atoms with Crippen LogP contribution >= 0.6 is 0 Å². The van der Waals surface area contributed by atoms with E-state index < -0.39 is 21.8 Å². The molecule has 7 heteroatoms. The molecule has 0 aromatic heterocycles. The minimum Gasteiger partial charge on any atom is -0.478 e. The molecule has 2 N–H and O–H groups in total. The van der Waals surface area contributed by atoms with Gasteiger partial charge in [0.2, 0.25) is 0 Å². The smallest absolute Gasteiger partial charge is 0.335 e. The van der Waals surface area contributed by atoms with Crippen molar-refractivity contribution in [1.29, 1.82) is 0 Å². The van der Waals surface area contributed by atoms with Gasteiger partial charge in [0.15, 0.2) is 0 Å². The number of halogens is 1. The topological polar surface area (TPSA) is 83.5 Å². The molecule has 0 bridgehead atoms. The first-order chi connectivity index (χ1) is 9.79. The van der Waals surface area contributed by atoms with E-state index in [1.165, 1.54) is 30.3 Å². The summed E-state index contributed by atoms with van der Waals surface area (Å²) in [7, 11) is -3.93. The lowest BCUT2D eigenvalue weighted by Crippen LogP contribution is -2.14. The Morgan fingerprint density at radius 3 is 2.48 bits per heavy atom. The van der Waals surface area contributed by atoms with Crippen LogP contribution in [0.3, 0.4) is 0 Å². The number of rotatable bonds is 4. The van der Waals surface area contributed by atoms with Crippen LogP contribution in [-0.2, 0) is 10.0 Å². The summed E-state index contributed by atoms with van der Waals surface area (Å²) in [4.78, 5) is 10.6. The lowest BCUT2D eigenvalue weighted by atomic mass is 10.1. The van der Waals surface area contributed by atoms with Gasteiger partial charge in [-0.25, -0.2) is 17.6 Å². The zero-order valence-corrected chi connectivity index (χ0v) is 11.8. The van der Waals surface area contributed by atoms with E-state index in [1.807, 2.05) is 0 Å². The predicted octanol–water partition coefficient (Wildman–Crippen LogP) is 2.63. The van der Waals surface area contributed by atoms with Crippen molar-refractivity contribution >= 4 is 21.7 Å². The van der Waals surface area contributed by atoms with Gasteiger partial charge in [-0.15, -0.1) is 0 Å². The van der Waals surface area contributed by atoms with E-state index in [1.54, 1.807) is 6.92 Å². The molecule has 0 aliphatic carbocycles. The Balaban J connectivity index is 2.35. The second-order valence-electron chi connectivity index (χ2n) is 4.40. The Labute approximate surface area is 121 Å². The highest BCUT2D eigenvalue weighted by Gasteiger charge is 2.16. The quantitative estimate of drug-likeness (QED) is 0.909. The molecular weight excluding hydrogens is 297 g/mol. The van der Waals surface area contributed by atoms with Gasteiger partial charge in [0.1, 0.15) is 5.82 Å². The molecule has 0 fully saturated rings. The molecule has 0 spiro atoms. The van der Waals surface area contributed by atoms with Crippen LogP contribution in [0.15, 0.2) is 47.4 Å². The van der Waals surface area contributed by atoms with Gasteiger partial charge in [0.05, 0.1) is 16.1 Å². The Morgan fingerprint density at radius 1 is 1.19 bits per heavy atom. The molecule has 0 unspecified atom stereocenters. The van der Waals surface area contributed by atoms with Gasteiger partial charge in [-0.05, 0) is 48.9 Å². The summed E-state index contributed by atoms with van der Waals surface area (Å²) in [6, 6.07) is 8.62. The van der Waals surface area contributed by atoms with E-state index in [4.69, 9.17) is 5.11 Å². The van der Waals surface area contributed by atoms with Gasteiger partial charge in [-0.2, -0.15) is 0 Å². The van der Waals surface area contributed by atoms with E-state index in [0.717, 1.165) is 12.1 Å². The van der Waals surface area contributed by atoms with E-state index in [2.05, 4.69) is 4.72 Å². The first kappa shape index (κ1) is 15.0. The zero-order valence-electron chi connectivity index (χ0n) is 11.0. The number of nitrogens with one attached hydrogen (secondary N) is 1. The minimum absolute atomic E-state index is 0.0567. The number of sulfonamides is 1. The summed E-state index contributed by atoms with van der Waals surface area (Å²) in [5, 5.41) is 8.86. The van der Waals surface area contributed by atoms with Crippen molar-refractivity contribution in [2.75, 3.05) is 4.72 Å². The number of carbonyl (C=O) groups is 1. The van der Waals surface area contributed by atoms with Crippen molar-refractivity contribution in [2.45, 2.75) is 11.8 Å². The molecule has 0 amide bonds. The number of anilines is 1. The number of hydrogen-bond acceptors (Lipinski definition) is 3. The van der Waals surface area contributed by atoms with E-state index >= 15 is 0 Å². The first-order valence-corrected chi connectivity index (χ1v) is 7.40. The molecule has 0 saturated carbocycles. The molecule has 5 nitrogen and oxygen atoms in total. The van der Waals surface area contributed by atoms with Crippen LogP contribution in [0, 0.1) is 12.7 Å². The van der Waals surface area contributed by atoms with Gasteiger partial charge in [-0.3, -0.25) is 4.72 Å². The van der Waals surface area contributed by atoms with Crippen LogP contribution < -0.4 is 4.72 Å². The summed E-state index contributed by atoms with van der Waals surface area (Å²) >= 11 is 0. The Kier molecular flexibility index (Phi) is 3.95. The minimum atomic E-state index is -3.93. The molecule has 0 heterocycles. The third kappa shape index (κ3) is 3.38. The fourth-order valence-electron chi connectivity index (χ4n) is 1.75. The lowest BCUT2D eigenvalue weighted by molar-refractivity contribution is 0.0697. The molecule has 0 aliphatic rings. The number of aryl methyl sites for hydroxylation is 1. The molecule has 2 aromatic rings. The second kappa shape index (κ2) is 5.53. The Bertz CT molecular complexity index is 802. The zero-order chi connectivity index (χ0) is 15.6. The molecule has 21 heavy (non-hydrogen) atoms. The normalized spacial score (nSPS) is 11.1. The average molecular weight is 309 g/mol. The molecule has 0 saturated heterocycles. The van der Waals surface area contributed by atoms with Gasteiger partial charge in [0.25, 0.3) is 10.0 Å². The summed E-state index contributed by atoms with van der Waals surface area (Å²) in [5.41, 5.74) is 0.750. The van der Waals surface area contributed by atoms with Gasteiger partial charge in [-0.1, -0.05) is 6.07 Å². The van der Waals surface area contributed by atoms with Crippen LogP contribution in [0.4, 0.5) is 10.1 Å². The third-order valence-electron chi connectivity index (χ3n) is 2.82.